The molecule has 3 N–H and O–H groups in total. The number of anilines is 1. The van der Waals surface area contributed by atoms with E-state index in [1.54, 1.807) is 36.5 Å². The van der Waals surface area contributed by atoms with Crippen LogP contribution in [-0.4, -0.2) is 30.8 Å². The summed E-state index contributed by atoms with van der Waals surface area (Å²) in [5.41, 5.74) is 0.672. The Morgan fingerprint density at radius 3 is 2.78 bits per heavy atom. The highest BCUT2D eigenvalue weighted by Gasteiger charge is 2.13. The number of nitrogens with zero attached hydrogens (tertiary/aromatic N) is 3. The van der Waals surface area contributed by atoms with E-state index < -0.39 is 5.91 Å². The Morgan fingerprint density at radius 2 is 2.13 bits per heavy atom. The molecule has 8 heteroatoms. The molecule has 0 radical (unpaired) electrons. The third-order valence-corrected chi connectivity index (χ3v) is 3.09. The Kier molecular flexibility index (Phi) is 3.98. The molecule has 0 spiro atoms. The maximum absolute atomic E-state index is 12.2. The Hall–Kier alpha value is -3.26. The third kappa shape index (κ3) is 3.16. The van der Waals surface area contributed by atoms with Gasteiger partial charge in [-0.25, -0.2) is 9.67 Å². The molecule has 0 fully saturated rings. The Balaban J connectivity index is 1.81. The van der Waals surface area contributed by atoms with Crippen molar-refractivity contribution in [2.24, 2.45) is 0 Å². The van der Waals surface area contributed by atoms with Crippen LogP contribution < -0.4 is 10.9 Å². The Bertz CT molecular complexity index is 868. The van der Waals surface area contributed by atoms with Crippen molar-refractivity contribution in [1.29, 1.82) is 0 Å². The molecule has 116 valence electrons. The first kappa shape index (κ1) is 14.7. The molecule has 3 aromatic rings. The highest BCUT2D eigenvalue weighted by Crippen LogP contribution is 2.08. The lowest BCUT2D eigenvalue weighted by Gasteiger charge is -2.04. The fraction of sp³-hybridized carbons (Fsp3) is 0.0667. The van der Waals surface area contributed by atoms with E-state index in [0.29, 0.717) is 17.2 Å². The van der Waals surface area contributed by atoms with Gasteiger partial charge >= 0.3 is 0 Å². The number of aromatic nitrogens is 4. The van der Waals surface area contributed by atoms with Gasteiger partial charge in [0.1, 0.15) is 5.69 Å². The van der Waals surface area contributed by atoms with E-state index in [4.69, 9.17) is 5.11 Å². The molecule has 0 bridgehead atoms. The zero-order chi connectivity index (χ0) is 16.2. The minimum atomic E-state index is -0.477. The van der Waals surface area contributed by atoms with Gasteiger partial charge in [0.25, 0.3) is 11.5 Å². The first-order valence-electron chi connectivity index (χ1n) is 6.78. The summed E-state index contributed by atoms with van der Waals surface area (Å²) in [5, 5.41) is 14.3. The quantitative estimate of drug-likeness (QED) is 0.656. The van der Waals surface area contributed by atoms with Crippen LogP contribution >= 0.6 is 0 Å². The minimum absolute atomic E-state index is 0.104. The standard InChI is InChI=1S/C15H13N5O3/c21-9-11-5-4-10(8-17-11)18-15(23)12-7-14(22)20(19-12)13-3-1-2-6-16-13/h1-8,19,21H,9H2,(H,18,23). The van der Waals surface area contributed by atoms with Gasteiger partial charge in [-0.2, -0.15) is 0 Å². The summed E-state index contributed by atoms with van der Waals surface area (Å²) in [7, 11) is 0. The summed E-state index contributed by atoms with van der Waals surface area (Å²) < 4.78 is 1.18. The second kappa shape index (κ2) is 6.24. The number of H-pyrrole nitrogens is 1. The smallest absolute Gasteiger partial charge is 0.273 e. The van der Waals surface area contributed by atoms with Gasteiger partial charge in [-0.15, -0.1) is 0 Å². The van der Waals surface area contributed by atoms with Gasteiger partial charge in [-0.1, -0.05) is 6.07 Å². The predicted molar refractivity (Wildman–Crippen MR) is 82.3 cm³/mol. The van der Waals surface area contributed by atoms with E-state index in [1.807, 2.05) is 0 Å². The zero-order valence-electron chi connectivity index (χ0n) is 11.9. The van der Waals surface area contributed by atoms with E-state index >= 15 is 0 Å². The fourth-order valence-corrected chi connectivity index (χ4v) is 1.96. The lowest BCUT2D eigenvalue weighted by Crippen LogP contribution is -2.15. The third-order valence-electron chi connectivity index (χ3n) is 3.09. The summed E-state index contributed by atoms with van der Waals surface area (Å²) in [4.78, 5) is 32.1. The van der Waals surface area contributed by atoms with Gasteiger partial charge < -0.3 is 10.4 Å². The molecule has 1 amide bonds. The molecule has 0 saturated heterocycles. The molecule has 3 rings (SSSR count). The van der Waals surface area contributed by atoms with Crippen LogP contribution in [0.1, 0.15) is 16.2 Å². The van der Waals surface area contributed by atoms with Crippen molar-refractivity contribution in [3.8, 4) is 5.82 Å². The second-order valence-electron chi connectivity index (χ2n) is 4.68. The first-order chi connectivity index (χ1) is 11.2. The first-order valence-corrected chi connectivity index (χ1v) is 6.78. The van der Waals surface area contributed by atoms with Gasteiger partial charge in [0.2, 0.25) is 0 Å². The van der Waals surface area contributed by atoms with Crippen molar-refractivity contribution < 1.29 is 9.90 Å². The largest absolute Gasteiger partial charge is 0.390 e. The van der Waals surface area contributed by atoms with Crippen LogP contribution in [0.5, 0.6) is 0 Å². The molecule has 0 saturated carbocycles. The van der Waals surface area contributed by atoms with E-state index in [9.17, 15) is 9.59 Å². The molecule has 8 nitrogen and oxygen atoms in total. The number of amides is 1. The van der Waals surface area contributed by atoms with Crippen molar-refractivity contribution in [1.82, 2.24) is 19.7 Å². The average Bonchev–Trinajstić information content (AvgIpc) is 2.98. The van der Waals surface area contributed by atoms with E-state index in [2.05, 4.69) is 20.4 Å². The number of aromatic amines is 1. The summed E-state index contributed by atoms with van der Waals surface area (Å²) in [6, 6.07) is 9.52. The van der Waals surface area contributed by atoms with Crippen molar-refractivity contribution in [2.75, 3.05) is 5.32 Å². The monoisotopic (exact) mass is 311 g/mol. The fourth-order valence-electron chi connectivity index (χ4n) is 1.96. The van der Waals surface area contributed by atoms with Crippen molar-refractivity contribution in [3.63, 3.8) is 0 Å². The summed E-state index contributed by atoms with van der Waals surface area (Å²) >= 11 is 0. The van der Waals surface area contributed by atoms with Crippen molar-refractivity contribution >= 4 is 11.6 Å². The highest BCUT2D eigenvalue weighted by molar-refractivity contribution is 6.02. The van der Waals surface area contributed by atoms with E-state index in [0.717, 1.165) is 0 Å². The summed E-state index contributed by atoms with van der Waals surface area (Å²) in [5.74, 6) is -0.0826. The molecule has 0 aromatic carbocycles. The maximum Gasteiger partial charge on any atom is 0.273 e. The van der Waals surface area contributed by atoms with Crippen LogP contribution in [0.15, 0.2) is 53.6 Å². The molecule has 0 aliphatic rings. The summed E-state index contributed by atoms with van der Waals surface area (Å²) in [6.45, 7) is -0.172. The van der Waals surface area contributed by atoms with Crippen LogP contribution in [0.3, 0.4) is 0 Å². The lowest BCUT2D eigenvalue weighted by molar-refractivity contribution is 0.102. The van der Waals surface area contributed by atoms with Crippen LogP contribution in [0, 0.1) is 0 Å². The molecule has 0 atom stereocenters. The number of hydrogen-bond donors (Lipinski definition) is 3. The number of pyridine rings is 2. The van der Waals surface area contributed by atoms with Crippen LogP contribution in [-0.2, 0) is 6.61 Å². The zero-order valence-corrected chi connectivity index (χ0v) is 11.9. The average molecular weight is 311 g/mol. The Labute approximate surface area is 130 Å². The predicted octanol–water partition coefficient (Wildman–Crippen LogP) is 0.700. The van der Waals surface area contributed by atoms with Crippen molar-refractivity contribution in [2.45, 2.75) is 6.61 Å². The van der Waals surface area contributed by atoms with Gasteiger partial charge in [0, 0.05) is 12.3 Å². The number of rotatable bonds is 4. The number of carbonyl (C=O) groups excluding carboxylic acids is 1. The van der Waals surface area contributed by atoms with Gasteiger partial charge in [-0.05, 0) is 24.3 Å². The summed E-state index contributed by atoms with van der Waals surface area (Å²) in [6.07, 6.45) is 2.98. The number of hydrogen-bond acceptors (Lipinski definition) is 5. The number of aliphatic hydroxyl groups excluding tert-OH is 1. The molecule has 3 heterocycles. The van der Waals surface area contributed by atoms with Crippen molar-refractivity contribution in [3.05, 3.63) is 70.5 Å². The second-order valence-corrected chi connectivity index (χ2v) is 4.68. The SMILES string of the molecule is O=C(Nc1ccc(CO)nc1)c1cc(=O)n(-c2ccccn2)[nH]1. The minimum Gasteiger partial charge on any atom is -0.390 e. The number of nitrogens with one attached hydrogen (secondary N) is 2. The highest BCUT2D eigenvalue weighted by atomic mass is 16.3. The molecular weight excluding hydrogens is 298 g/mol. The molecule has 0 aliphatic carbocycles. The van der Waals surface area contributed by atoms with Crippen LogP contribution in [0.25, 0.3) is 5.82 Å². The molecule has 23 heavy (non-hydrogen) atoms. The van der Waals surface area contributed by atoms with Gasteiger partial charge in [-0.3, -0.25) is 19.7 Å². The maximum atomic E-state index is 12.2. The van der Waals surface area contributed by atoms with Crippen LogP contribution in [0.4, 0.5) is 5.69 Å². The Morgan fingerprint density at radius 1 is 1.26 bits per heavy atom. The molecule has 3 aromatic heterocycles. The van der Waals surface area contributed by atoms with E-state index in [1.165, 1.54) is 16.9 Å². The lowest BCUT2D eigenvalue weighted by atomic mass is 10.3. The topological polar surface area (TPSA) is 113 Å². The number of carbonyl (C=O) groups is 1. The molecule has 0 unspecified atom stereocenters. The normalized spacial score (nSPS) is 10.5. The molecular formula is C15H13N5O3. The van der Waals surface area contributed by atoms with E-state index in [-0.39, 0.29) is 17.9 Å². The molecule has 0 aliphatic heterocycles. The van der Waals surface area contributed by atoms with Gasteiger partial charge in [0.15, 0.2) is 5.82 Å². The van der Waals surface area contributed by atoms with Crippen LogP contribution in [0.2, 0.25) is 0 Å². The number of aliphatic hydroxyl groups is 1. The van der Waals surface area contributed by atoms with Gasteiger partial charge in [0.05, 0.1) is 24.2 Å².